The van der Waals surface area contributed by atoms with Crippen molar-refractivity contribution in [2.75, 3.05) is 46.2 Å². The summed E-state index contributed by atoms with van der Waals surface area (Å²) in [6.07, 6.45) is 4.03. The Balaban J connectivity index is 1.83. The lowest BCUT2D eigenvalue weighted by Crippen LogP contribution is -2.34. The molecule has 0 atom stereocenters. The number of likely N-dealkylation sites (N-methyl/N-ethyl adjacent to an activating group) is 1. The van der Waals surface area contributed by atoms with Crippen LogP contribution in [0.25, 0.3) is 12.2 Å². The summed E-state index contributed by atoms with van der Waals surface area (Å²) in [5, 5.41) is 3.15. The number of hydrogen-bond donors (Lipinski definition) is 1. The summed E-state index contributed by atoms with van der Waals surface area (Å²) >= 11 is 0. The SMILES string of the molecule is CNCc1ccc(/C=C2\CN(C)C/C(=C\c3ccc(N(C)C)cc3)C2=O)cc1. The van der Waals surface area contributed by atoms with Crippen LogP contribution in [0.2, 0.25) is 0 Å². The minimum atomic E-state index is 0.147. The zero-order valence-corrected chi connectivity index (χ0v) is 17.2. The molecule has 4 nitrogen and oxygen atoms in total. The second-order valence-corrected chi connectivity index (χ2v) is 7.60. The lowest BCUT2D eigenvalue weighted by Gasteiger charge is -2.26. The molecule has 0 aromatic heterocycles. The zero-order valence-electron chi connectivity index (χ0n) is 17.2. The molecule has 28 heavy (non-hydrogen) atoms. The second-order valence-electron chi connectivity index (χ2n) is 7.60. The fraction of sp³-hybridized carbons (Fsp3) is 0.292. The molecule has 1 fully saturated rings. The number of nitrogens with zero attached hydrogens (tertiary/aromatic N) is 2. The number of carbonyl (C=O) groups is 1. The first-order chi connectivity index (χ1) is 13.5. The number of ketones is 1. The average molecular weight is 376 g/mol. The lowest BCUT2D eigenvalue weighted by molar-refractivity contribution is -0.113. The van der Waals surface area contributed by atoms with E-state index < -0.39 is 0 Å². The van der Waals surface area contributed by atoms with Crippen molar-refractivity contribution in [2.45, 2.75) is 6.54 Å². The van der Waals surface area contributed by atoms with Gasteiger partial charge in [-0.3, -0.25) is 9.69 Å². The minimum absolute atomic E-state index is 0.147. The fourth-order valence-electron chi connectivity index (χ4n) is 3.42. The lowest BCUT2D eigenvalue weighted by atomic mass is 9.94. The van der Waals surface area contributed by atoms with E-state index in [1.54, 1.807) is 0 Å². The van der Waals surface area contributed by atoms with Gasteiger partial charge in [-0.15, -0.1) is 0 Å². The van der Waals surface area contributed by atoms with Crippen molar-refractivity contribution in [1.29, 1.82) is 0 Å². The van der Waals surface area contributed by atoms with E-state index in [2.05, 4.69) is 70.7 Å². The highest BCUT2D eigenvalue weighted by molar-refractivity contribution is 6.14. The van der Waals surface area contributed by atoms with Crippen LogP contribution in [0, 0.1) is 0 Å². The van der Waals surface area contributed by atoms with Gasteiger partial charge in [-0.25, -0.2) is 0 Å². The molecule has 146 valence electrons. The Hall–Kier alpha value is -2.69. The molecule has 1 N–H and O–H groups in total. The van der Waals surface area contributed by atoms with E-state index >= 15 is 0 Å². The highest BCUT2D eigenvalue weighted by atomic mass is 16.1. The summed E-state index contributed by atoms with van der Waals surface area (Å²) < 4.78 is 0. The molecule has 0 bridgehead atoms. The molecule has 0 amide bonds. The van der Waals surface area contributed by atoms with E-state index in [0.29, 0.717) is 13.1 Å². The van der Waals surface area contributed by atoms with Crippen molar-refractivity contribution in [3.05, 3.63) is 76.4 Å². The predicted octanol–water partition coefficient (Wildman–Crippen LogP) is 3.45. The summed E-state index contributed by atoms with van der Waals surface area (Å²) in [6.45, 7) is 2.19. The van der Waals surface area contributed by atoms with Gasteiger partial charge in [-0.05, 0) is 55.1 Å². The Morgan fingerprint density at radius 1 is 0.929 bits per heavy atom. The molecule has 0 saturated carbocycles. The van der Waals surface area contributed by atoms with Crippen molar-refractivity contribution in [3.63, 3.8) is 0 Å². The number of anilines is 1. The minimum Gasteiger partial charge on any atom is -0.378 e. The molecule has 0 unspecified atom stereocenters. The van der Waals surface area contributed by atoms with Crippen LogP contribution in [-0.4, -0.2) is 52.0 Å². The van der Waals surface area contributed by atoms with Gasteiger partial charge in [0.2, 0.25) is 0 Å². The summed E-state index contributed by atoms with van der Waals surface area (Å²) in [5.74, 6) is 0.147. The largest absolute Gasteiger partial charge is 0.378 e. The third-order valence-electron chi connectivity index (χ3n) is 4.92. The van der Waals surface area contributed by atoms with Crippen LogP contribution in [-0.2, 0) is 11.3 Å². The van der Waals surface area contributed by atoms with Gasteiger partial charge in [0.05, 0.1) is 0 Å². The van der Waals surface area contributed by atoms with Crippen molar-refractivity contribution in [1.82, 2.24) is 10.2 Å². The van der Waals surface area contributed by atoms with Gasteiger partial charge >= 0.3 is 0 Å². The molecule has 1 aliphatic rings. The van der Waals surface area contributed by atoms with E-state index in [9.17, 15) is 4.79 Å². The molecule has 2 aromatic carbocycles. The van der Waals surface area contributed by atoms with E-state index in [0.717, 1.165) is 34.5 Å². The number of likely N-dealkylation sites (tertiary alicyclic amines) is 1. The number of Topliss-reactive ketones (excluding diaryl/α,β-unsaturated/α-hetero) is 1. The normalized spacial score (nSPS) is 18.1. The van der Waals surface area contributed by atoms with E-state index in [4.69, 9.17) is 0 Å². The number of benzene rings is 2. The smallest absolute Gasteiger partial charge is 0.187 e. The maximum atomic E-state index is 13.0. The van der Waals surface area contributed by atoms with E-state index in [1.807, 2.05) is 33.3 Å². The number of rotatable bonds is 5. The highest BCUT2D eigenvalue weighted by Gasteiger charge is 2.23. The molecule has 0 spiro atoms. The van der Waals surface area contributed by atoms with Gasteiger partial charge in [-0.2, -0.15) is 0 Å². The van der Waals surface area contributed by atoms with Crippen LogP contribution in [0.3, 0.4) is 0 Å². The van der Waals surface area contributed by atoms with Crippen LogP contribution in [0.15, 0.2) is 59.7 Å². The van der Waals surface area contributed by atoms with Gasteiger partial charge in [0.25, 0.3) is 0 Å². The third-order valence-corrected chi connectivity index (χ3v) is 4.92. The molecule has 0 aliphatic carbocycles. The van der Waals surface area contributed by atoms with Gasteiger partial charge in [-0.1, -0.05) is 36.4 Å². The van der Waals surface area contributed by atoms with Crippen LogP contribution < -0.4 is 10.2 Å². The Morgan fingerprint density at radius 2 is 1.43 bits per heavy atom. The number of hydrogen-bond acceptors (Lipinski definition) is 4. The van der Waals surface area contributed by atoms with E-state index in [1.165, 1.54) is 5.56 Å². The number of piperidine rings is 1. The maximum absolute atomic E-state index is 13.0. The first-order valence-corrected chi connectivity index (χ1v) is 9.61. The van der Waals surface area contributed by atoms with Crippen molar-refractivity contribution in [3.8, 4) is 0 Å². The van der Waals surface area contributed by atoms with Crippen molar-refractivity contribution in [2.24, 2.45) is 0 Å². The van der Waals surface area contributed by atoms with Crippen molar-refractivity contribution < 1.29 is 4.79 Å². The topological polar surface area (TPSA) is 35.6 Å². The predicted molar refractivity (Wildman–Crippen MR) is 118 cm³/mol. The summed E-state index contributed by atoms with van der Waals surface area (Å²) in [6, 6.07) is 16.6. The van der Waals surface area contributed by atoms with Crippen LogP contribution in [0.1, 0.15) is 16.7 Å². The molecule has 1 saturated heterocycles. The Bertz CT molecular complexity index is 877. The Morgan fingerprint density at radius 3 is 1.89 bits per heavy atom. The second kappa shape index (κ2) is 9.00. The van der Waals surface area contributed by atoms with Crippen LogP contribution in [0.4, 0.5) is 5.69 Å². The van der Waals surface area contributed by atoms with Crippen molar-refractivity contribution >= 4 is 23.6 Å². The summed E-state index contributed by atoms with van der Waals surface area (Å²) in [5.41, 5.74) is 6.18. The molecule has 2 aromatic rings. The Labute approximate surface area is 168 Å². The van der Waals surface area contributed by atoms with Gasteiger partial charge in [0.15, 0.2) is 5.78 Å². The quantitative estimate of drug-likeness (QED) is 0.812. The fourth-order valence-corrected chi connectivity index (χ4v) is 3.42. The van der Waals surface area contributed by atoms with Gasteiger partial charge in [0, 0.05) is 50.6 Å². The maximum Gasteiger partial charge on any atom is 0.187 e. The van der Waals surface area contributed by atoms with E-state index in [-0.39, 0.29) is 5.78 Å². The first kappa shape index (κ1) is 20.1. The molecule has 3 rings (SSSR count). The van der Waals surface area contributed by atoms with Gasteiger partial charge in [0.1, 0.15) is 0 Å². The third kappa shape index (κ3) is 4.97. The first-order valence-electron chi connectivity index (χ1n) is 9.61. The molecular formula is C24H29N3O. The molecule has 1 heterocycles. The van der Waals surface area contributed by atoms with Gasteiger partial charge < -0.3 is 10.2 Å². The standard InChI is InChI=1S/C24H29N3O/c1-25-15-20-7-5-18(6-8-20)13-21-16-27(4)17-22(24(21)28)14-19-9-11-23(12-10-19)26(2)3/h5-14,25H,15-17H2,1-4H3/b21-13+,22-14+. The summed E-state index contributed by atoms with van der Waals surface area (Å²) in [4.78, 5) is 17.3. The average Bonchev–Trinajstić information content (AvgIpc) is 2.67. The molecule has 0 radical (unpaired) electrons. The van der Waals surface area contributed by atoms with Crippen LogP contribution >= 0.6 is 0 Å². The highest BCUT2D eigenvalue weighted by Crippen LogP contribution is 2.22. The zero-order chi connectivity index (χ0) is 20.1. The monoisotopic (exact) mass is 375 g/mol. The van der Waals surface area contributed by atoms with Crippen LogP contribution in [0.5, 0.6) is 0 Å². The number of nitrogens with one attached hydrogen (secondary N) is 1. The number of carbonyl (C=O) groups excluding carboxylic acids is 1. The molecular weight excluding hydrogens is 346 g/mol. The molecule has 1 aliphatic heterocycles. The summed E-state index contributed by atoms with van der Waals surface area (Å²) in [7, 11) is 8.04. The Kier molecular flexibility index (Phi) is 6.45. The molecule has 4 heteroatoms.